The Bertz CT molecular complexity index is 447. The van der Waals surface area contributed by atoms with Crippen LogP contribution in [0.2, 0.25) is 0 Å². The zero-order chi connectivity index (χ0) is 13.1. The first-order valence-electron chi connectivity index (χ1n) is 5.82. The van der Waals surface area contributed by atoms with Gasteiger partial charge in [-0.15, -0.1) is 0 Å². The van der Waals surface area contributed by atoms with Crippen LogP contribution in [0.25, 0.3) is 0 Å². The number of aliphatic hydroxyl groups excluding tert-OH is 1. The van der Waals surface area contributed by atoms with E-state index in [4.69, 9.17) is 0 Å². The summed E-state index contributed by atoms with van der Waals surface area (Å²) in [6.07, 6.45) is -0.459. The molecule has 0 spiro atoms. The molecule has 3 atom stereocenters. The molecule has 0 aromatic heterocycles. The van der Waals surface area contributed by atoms with E-state index in [2.05, 4.69) is 5.32 Å². The highest BCUT2D eigenvalue weighted by molar-refractivity contribution is 8.13. The number of aliphatic hydroxyl groups is 1. The van der Waals surface area contributed by atoms with Crippen molar-refractivity contribution in [3.8, 4) is 0 Å². The minimum Gasteiger partial charge on any atom is -0.393 e. The van der Waals surface area contributed by atoms with E-state index in [1.165, 1.54) is 0 Å². The second kappa shape index (κ2) is 5.54. The Morgan fingerprint density at radius 2 is 2.11 bits per heavy atom. The van der Waals surface area contributed by atoms with Gasteiger partial charge in [-0.2, -0.15) is 0 Å². The Balaban J connectivity index is 1.87. The van der Waals surface area contributed by atoms with Crippen molar-refractivity contribution in [1.29, 1.82) is 0 Å². The number of hydrogen-bond acceptors (Lipinski definition) is 4. The van der Waals surface area contributed by atoms with Crippen LogP contribution >= 0.6 is 11.8 Å². The van der Waals surface area contributed by atoms with Gasteiger partial charge in [-0.25, -0.2) is 0 Å². The third kappa shape index (κ3) is 2.91. The average molecular weight is 265 g/mol. The number of rotatable bonds is 4. The van der Waals surface area contributed by atoms with Crippen LogP contribution in [0.1, 0.15) is 13.3 Å². The number of thioether (sulfide) groups is 1. The van der Waals surface area contributed by atoms with Crippen LogP contribution in [-0.4, -0.2) is 28.3 Å². The molecular formula is C13H15NO3S. The van der Waals surface area contributed by atoms with Crippen molar-refractivity contribution in [2.75, 3.05) is 0 Å². The molecule has 1 aromatic rings. The summed E-state index contributed by atoms with van der Waals surface area (Å²) in [5, 5.41) is 12.1. The van der Waals surface area contributed by atoms with Gasteiger partial charge in [0.15, 0.2) is 5.12 Å². The number of carbonyl (C=O) groups is 2. The number of benzene rings is 1. The van der Waals surface area contributed by atoms with E-state index in [1.807, 2.05) is 30.3 Å². The number of β-lactam (4-membered cyclic amide) rings is 1. The molecule has 4 nitrogen and oxygen atoms in total. The summed E-state index contributed by atoms with van der Waals surface area (Å²) in [7, 11) is 0. The van der Waals surface area contributed by atoms with Crippen molar-refractivity contribution < 1.29 is 14.7 Å². The zero-order valence-corrected chi connectivity index (χ0v) is 10.8. The van der Waals surface area contributed by atoms with Crippen LogP contribution in [0.5, 0.6) is 0 Å². The molecule has 1 aromatic carbocycles. The highest BCUT2D eigenvalue weighted by atomic mass is 32.2. The van der Waals surface area contributed by atoms with Crippen LogP contribution in [0.15, 0.2) is 35.2 Å². The maximum absolute atomic E-state index is 11.8. The van der Waals surface area contributed by atoms with E-state index >= 15 is 0 Å². The van der Waals surface area contributed by atoms with Crippen molar-refractivity contribution in [3.05, 3.63) is 30.3 Å². The Labute approximate surface area is 110 Å². The molecule has 18 heavy (non-hydrogen) atoms. The molecular weight excluding hydrogens is 250 g/mol. The highest BCUT2D eigenvalue weighted by Gasteiger charge is 2.43. The molecule has 1 aliphatic rings. The van der Waals surface area contributed by atoms with Crippen LogP contribution in [0, 0.1) is 5.92 Å². The van der Waals surface area contributed by atoms with Crippen molar-refractivity contribution >= 4 is 22.8 Å². The second-order valence-electron chi connectivity index (χ2n) is 4.37. The molecule has 96 valence electrons. The molecule has 5 heteroatoms. The predicted molar refractivity (Wildman–Crippen MR) is 69.0 cm³/mol. The highest BCUT2D eigenvalue weighted by Crippen LogP contribution is 2.26. The van der Waals surface area contributed by atoms with Crippen LogP contribution < -0.4 is 5.32 Å². The third-order valence-electron chi connectivity index (χ3n) is 2.95. The van der Waals surface area contributed by atoms with Gasteiger partial charge in [0, 0.05) is 11.3 Å². The quantitative estimate of drug-likeness (QED) is 0.634. The largest absolute Gasteiger partial charge is 0.393 e. The van der Waals surface area contributed by atoms with Gasteiger partial charge in [-0.05, 0) is 19.1 Å². The van der Waals surface area contributed by atoms with E-state index in [0.717, 1.165) is 16.7 Å². The lowest BCUT2D eigenvalue weighted by Gasteiger charge is -2.38. The first-order chi connectivity index (χ1) is 8.58. The summed E-state index contributed by atoms with van der Waals surface area (Å²) in [5.74, 6) is -0.627. The Hall–Kier alpha value is -1.33. The van der Waals surface area contributed by atoms with Gasteiger partial charge in [0.2, 0.25) is 5.91 Å². The second-order valence-corrected chi connectivity index (χ2v) is 5.50. The average Bonchev–Trinajstić information content (AvgIpc) is 2.28. The van der Waals surface area contributed by atoms with Gasteiger partial charge in [-0.1, -0.05) is 30.0 Å². The van der Waals surface area contributed by atoms with Gasteiger partial charge in [-0.3, -0.25) is 9.59 Å². The summed E-state index contributed by atoms with van der Waals surface area (Å²) in [5.41, 5.74) is 0. The van der Waals surface area contributed by atoms with E-state index in [9.17, 15) is 14.7 Å². The zero-order valence-electron chi connectivity index (χ0n) is 10.00. The molecule has 1 heterocycles. The van der Waals surface area contributed by atoms with Crippen molar-refractivity contribution in [2.24, 2.45) is 5.92 Å². The smallest absolute Gasteiger partial charge is 0.228 e. The lowest BCUT2D eigenvalue weighted by molar-refractivity contribution is -0.141. The Kier molecular flexibility index (Phi) is 4.04. The van der Waals surface area contributed by atoms with Crippen LogP contribution in [0.4, 0.5) is 0 Å². The lowest BCUT2D eigenvalue weighted by Crippen LogP contribution is -2.62. The molecule has 2 rings (SSSR count). The summed E-state index contributed by atoms with van der Waals surface area (Å²) >= 11 is 1.16. The lowest BCUT2D eigenvalue weighted by atomic mass is 9.84. The molecule has 1 amide bonds. The fraction of sp³-hybridized carbons (Fsp3) is 0.385. The molecule has 1 aliphatic heterocycles. The molecule has 0 saturated carbocycles. The SMILES string of the molecule is C[C@@H](O)[C@H]1C(=O)N[C@@H]1CC(=O)Sc1ccccc1. The molecule has 1 fully saturated rings. The molecule has 2 N–H and O–H groups in total. The molecule has 0 bridgehead atoms. The third-order valence-corrected chi connectivity index (χ3v) is 3.85. The fourth-order valence-electron chi connectivity index (χ4n) is 2.03. The summed E-state index contributed by atoms with van der Waals surface area (Å²) < 4.78 is 0. The first-order valence-corrected chi connectivity index (χ1v) is 6.64. The Morgan fingerprint density at radius 3 is 2.67 bits per heavy atom. The first kappa shape index (κ1) is 13.1. The van der Waals surface area contributed by atoms with Crippen molar-refractivity contribution in [3.63, 3.8) is 0 Å². The molecule has 0 unspecified atom stereocenters. The minimum atomic E-state index is -0.710. The van der Waals surface area contributed by atoms with Gasteiger partial charge >= 0.3 is 0 Å². The van der Waals surface area contributed by atoms with E-state index in [1.54, 1.807) is 6.92 Å². The summed E-state index contributed by atoms with van der Waals surface area (Å²) in [6, 6.07) is 9.14. The standard InChI is InChI=1S/C13H15NO3S/c1-8(15)12-10(14-13(12)17)7-11(16)18-9-5-3-2-4-6-9/h2-6,8,10,12,15H,7H2,1H3,(H,14,17)/t8-,10-,12-/m1/s1. The normalized spacial score (nSPS) is 24.0. The Morgan fingerprint density at radius 1 is 1.44 bits per heavy atom. The van der Waals surface area contributed by atoms with Gasteiger partial charge in [0.1, 0.15) is 0 Å². The van der Waals surface area contributed by atoms with E-state index in [0.29, 0.717) is 0 Å². The number of nitrogens with one attached hydrogen (secondary N) is 1. The monoisotopic (exact) mass is 265 g/mol. The van der Waals surface area contributed by atoms with Crippen LogP contribution in [0.3, 0.4) is 0 Å². The molecule has 1 saturated heterocycles. The van der Waals surface area contributed by atoms with Gasteiger partial charge in [0.25, 0.3) is 0 Å². The van der Waals surface area contributed by atoms with Crippen molar-refractivity contribution in [1.82, 2.24) is 5.32 Å². The number of carbonyl (C=O) groups excluding carboxylic acids is 2. The maximum Gasteiger partial charge on any atom is 0.228 e. The maximum atomic E-state index is 11.8. The number of amides is 1. The van der Waals surface area contributed by atoms with Crippen molar-refractivity contribution in [2.45, 2.75) is 30.4 Å². The van der Waals surface area contributed by atoms with Gasteiger partial charge in [0.05, 0.1) is 18.1 Å². The number of hydrogen-bond donors (Lipinski definition) is 2. The van der Waals surface area contributed by atoms with Gasteiger partial charge < -0.3 is 10.4 Å². The minimum absolute atomic E-state index is 0.00292. The summed E-state index contributed by atoms with van der Waals surface area (Å²) in [6.45, 7) is 1.57. The fourth-order valence-corrected chi connectivity index (χ4v) is 2.85. The molecule has 0 aliphatic carbocycles. The van der Waals surface area contributed by atoms with Crippen LogP contribution in [-0.2, 0) is 9.59 Å². The summed E-state index contributed by atoms with van der Waals surface area (Å²) in [4.78, 5) is 23.9. The van der Waals surface area contributed by atoms with E-state index in [-0.39, 0.29) is 23.5 Å². The molecule has 0 radical (unpaired) electrons. The topological polar surface area (TPSA) is 66.4 Å². The van der Waals surface area contributed by atoms with E-state index < -0.39 is 12.0 Å². The predicted octanol–water partition coefficient (Wildman–Crippen LogP) is 1.19.